The second kappa shape index (κ2) is 7.61. The highest BCUT2D eigenvalue weighted by atomic mass is 19.1. The lowest BCUT2D eigenvalue weighted by molar-refractivity contribution is 0.504. The molecule has 1 aliphatic rings. The summed E-state index contributed by atoms with van der Waals surface area (Å²) in [5.74, 6) is -0.000414. The van der Waals surface area contributed by atoms with E-state index in [2.05, 4.69) is 25.2 Å². The summed E-state index contributed by atoms with van der Waals surface area (Å²) in [5, 5.41) is 3.45. The monoisotopic (exact) mass is 225 g/mol. The lowest BCUT2D eigenvalue weighted by Gasteiger charge is -2.20. The normalized spacial score (nSPS) is 18.7. The molecule has 16 heavy (non-hydrogen) atoms. The van der Waals surface area contributed by atoms with Crippen LogP contribution in [0.2, 0.25) is 0 Å². The summed E-state index contributed by atoms with van der Waals surface area (Å²) < 4.78 is 13.9. The van der Waals surface area contributed by atoms with Crippen LogP contribution in [0.5, 0.6) is 0 Å². The Labute approximate surface area is 98.8 Å². The number of rotatable bonds is 6. The van der Waals surface area contributed by atoms with E-state index in [0.717, 1.165) is 50.6 Å². The molecule has 0 aromatic carbocycles. The second-order valence-electron chi connectivity index (χ2n) is 4.44. The molecule has 0 saturated heterocycles. The third-order valence-electron chi connectivity index (χ3n) is 2.97. The molecule has 0 spiro atoms. The lowest BCUT2D eigenvalue weighted by Crippen LogP contribution is -2.31. The Kier molecular flexibility index (Phi) is 6.39. The Bertz CT molecular complexity index is 255. The van der Waals surface area contributed by atoms with Crippen LogP contribution < -0.4 is 5.32 Å². The molecule has 92 valence electrons. The predicted molar refractivity (Wildman–Crippen MR) is 68.1 cm³/mol. The highest BCUT2D eigenvalue weighted by Gasteiger charge is 2.17. The van der Waals surface area contributed by atoms with E-state index >= 15 is 0 Å². The van der Waals surface area contributed by atoms with Crippen molar-refractivity contribution in [2.45, 2.75) is 58.4 Å². The lowest BCUT2D eigenvalue weighted by atomic mass is 10.0. The molecule has 1 unspecified atom stereocenters. The molecule has 0 heterocycles. The Morgan fingerprint density at radius 3 is 2.69 bits per heavy atom. The number of hydrogen-bond acceptors (Lipinski definition) is 1. The first-order chi connectivity index (χ1) is 7.79. The van der Waals surface area contributed by atoms with Gasteiger partial charge in [-0.2, -0.15) is 0 Å². The van der Waals surface area contributed by atoms with Crippen LogP contribution >= 0.6 is 0 Å². The van der Waals surface area contributed by atoms with Crippen molar-refractivity contribution in [2.24, 2.45) is 0 Å². The summed E-state index contributed by atoms with van der Waals surface area (Å²) in [6.45, 7) is 5.26. The average Bonchev–Trinajstić information content (AvgIpc) is 2.49. The van der Waals surface area contributed by atoms with Gasteiger partial charge in [-0.3, -0.25) is 0 Å². The molecule has 0 amide bonds. The van der Waals surface area contributed by atoms with Gasteiger partial charge in [0.25, 0.3) is 0 Å². The fraction of sp³-hybridized carbons (Fsp3) is 0.714. The zero-order valence-electron chi connectivity index (χ0n) is 10.6. The van der Waals surface area contributed by atoms with Gasteiger partial charge < -0.3 is 5.32 Å². The highest BCUT2D eigenvalue weighted by Crippen LogP contribution is 2.24. The van der Waals surface area contributed by atoms with Gasteiger partial charge in [0.1, 0.15) is 5.83 Å². The average molecular weight is 225 g/mol. The first-order valence-corrected chi connectivity index (χ1v) is 6.59. The summed E-state index contributed by atoms with van der Waals surface area (Å²) in [7, 11) is 0. The molecular weight excluding hydrogens is 201 g/mol. The van der Waals surface area contributed by atoms with Crippen LogP contribution in [0.3, 0.4) is 0 Å². The summed E-state index contributed by atoms with van der Waals surface area (Å²) in [5.41, 5.74) is 0.896. The molecule has 1 aliphatic carbocycles. The van der Waals surface area contributed by atoms with E-state index in [1.54, 1.807) is 6.08 Å². The Balaban J connectivity index is 2.69. The van der Waals surface area contributed by atoms with Crippen molar-refractivity contribution in [2.75, 3.05) is 6.54 Å². The Hall–Kier alpha value is -0.630. The highest BCUT2D eigenvalue weighted by molar-refractivity contribution is 5.31. The molecule has 0 bridgehead atoms. The molecule has 0 aliphatic heterocycles. The standard InChI is InChI=1S/C14H24FN/c1-3-8-14(16-11-4-2)12-9-6-5-7-10-13(12)15/h9-10,14,16H,3-8,11H2,1-2H3. The van der Waals surface area contributed by atoms with Crippen molar-refractivity contribution < 1.29 is 4.39 Å². The topological polar surface area (TPSA) is 12.0 Å². The van der Waals surface area contributed by atoms with Gasteiger partial charge >= 0.3 is 0 Å². The maximum absolute atomic E-state index is 13.9. The third kappa shape index (κ3) is 4.09. The molecule has 1 rings (SSSR count). The largest absolute Gasteiger partial charge is 0.310 e. The van der Waals surface area contributed by atoms with Gasteiger partial charge in [0.15, 0.2) is 0 Å². The van der Waals surface area contributed by atoms with Crippen molar-refractivity contribution in [1.82, 2.24) is 5.32 Å². The van der Waals surface area contributed by atoms with E-state index in [9.17, 15) is 4.39 Å². The maximum Gasteiger partial charge on any atom is 0.123 e. The minimum absolute atomic E-state index is 0.000414. The Morgan fingerprint density at radius 2 is 2.00 bits per heavy atom. The van der Waals surface area contributed by atoms with Crippen molar-refractivity contribution in [3.63, 3.8) is 0 Å². The second-order valence-corrected chi connectivity index (χ2v) is 4.44. The molecule has 0 saturated carbocycles. The number of halogens is 1. The van der Waals surface area contributed by atoms with Gasteiger partial charge in [-0.15, -0.1) is 0 Å². The van der Waals surface area contributed by atoms with Gasteiger partial charge in [-0.05, 0) is 44.7 Å². The molecule has 0 fully saturated rings. The number of hydrogen-bond donors (Lipinski definition) is 1. The minimum Gasteiger partial charge on any atom is -0.310 e. The van der Waals surface area contributed by atoms with E-state index in [-0.39, 0.29) is 11.9 Å². The molecule has 0 aromatic heterocycles. The van der Waals surface area contributed by atoms with Gasteiger partial charge in [-0.1, -0.05) is 26.3 Å². The summed E-state index contributed by atoms with van der Waals surface area (Å²) >= 11 is 0. The molecule has 1 N–H and O–H groups in total. The third-order valence-corrected chi connectivity index (χ3v) is 2.97. The van der Waals surface area contributed by atoms with Gasteiger partial charge in [0.05, 0.1) is 0 Å². The zero-order chi connectivity index (χ0) is 11.8. The minimum atomic E-state index is -0.000414. The van der Waals surface area contributed by atoms with Crippen LogP contribution in [0.1, 0.15) is 52.4 Å². The van der Waals surface area contributed by atoms with Crippen molar-refractivity contribution in [3.8, 4) is 0 Å². The molecule has 0 radical (unpaired) electrons. The van der Waals surface area contributed by atoms with Crippen molar-refractivity contribution in [3.05, 3.63) is 23.6 Å². The van der Waals surface area contributed by atoms with Crippen LogP contribution in [0, 0.1) is 0 Å². The first kappa shape index (κ1) is 13.4. The van der Waals surface area contributed by atoms with Crippen LogP contribution in [0.4, 0.5) is 4.39 Å². The van der Waals surface area contributed by atoms with Gasteiger partial charge in [-0.25, -0.2) is 4.39 Å². The van der Waals surface area contributed by atoms with Crippen LogP contribution in [-0.2, 0) is 0 Å². The summed E-state index contributed by atoms with van der Waals surface area (Å²) in [6, 6.07) is 0.208. The molecule has 0 aromatic rings. The predicted octanol–water partition coefficient (Wildman–Crippen LogP) is 4.12. The van der Waals surface area contributed by atoms with Crippen LogP contribution in [0.25, 0.3) is 0 Å². The fourth-order valence-electron chi connectivity index (χ4n) is 2.10. The summed E-state index contributed by atoms with van der Waals surface area (Å²) in [4.78, 5) is 0. The van der Waals surface area contributed by atoms with E-state index in [4.69, 9.17) is 0 Å². The zero-order valence-corrected chi connectivity index (χ0v) is 10.6. The van der Waals surface area contributed by atoms with E-state index in [1.165, 1.54) is 0 Å². The van der Waals surface area contributed by atoms with Crippen molar-refractivity contribution in [1.29, 1.82) is 0 Å². The fourth-order valence-corrected chi connectivity index (χ4v) is 2.10. The Morgan fingerprint density at radius 1 is 1.25 bits per heavy atom. The SMILES string of the molecule is CCCNC(CCC)C1=CCCCC=C1F. The smallest absolute Gasteiger partial charge is 0.123 e. The van der Waals surface area contributed by atoms with Gasteiger partial charge in [0, 0.05) is 11.6 Å². The van der Waals surface area contributed by atoms with Crippen LogP contribution in [0.15, 0.2) is 23.6 Å². The molecule has 1 atom stereocenters. The maximum atomic E-state index is 13.9. The quantitative estimate of drug-likeness (QED) is 0.717. The van der Waals surface area contributed by atoms with E-state index in [0.29, 0.717) is 0 Å². The molecular formula is C14H24FN. The van der Waals surface area contributed by atoms with Gasteiger partial charge in [0.2, 0.25) is 0 Å². The summed E-state index contributed by atoms with van der Waals surface area (Å²) in [6.07, 6.45) is 9.99. The first-order valence-electron chi connectivity index (χ1n) is 6.59. The molecule has 2 heteroatoms. The van der Waals surface area contributed by atoms with Crippen LogP contribution in [-0.4, -0.2) is 12.6 Å². The number of allylic oxidation sites excluding steroid dienone is 2. The molecule has 1 nitrogen and oxygen atoms in total. The van der Waals surface area contributed by atoms with E-state index in [1.807, 2.05) is 0 Å². The van der Waals surface area contributed by atoms with Crippen molar-refractivity contribution >= 4 is 0 Å². The number of nitrogens with one attached hydrogen (secondary N) is 1. The van der Waals surface area contributed by atoms with E-state index < -0.39 is 0 Å².